The first-order chi connectivity index (χ1) is 10.6. The van der Waals surface area contributed by atoms with E-state index in [1.54, 1.807) is 30.2 Å². The van der Waals surface area contributed by atoms with Crippen LogP contribution in [0.15, 0.2) is 29.8 Å². The van der Waals surface area contributed by atoms with Crippen molar-refractivity contribution in [3.63, 3.8) is 0 Å². The lowest BCUT2D eigenvalue weighted by molar-refractivity contribution is -0.139. The van der Waals surface area contributed by atoms with Crippen LogP contribution in [0.5, 0.6) is 5.19 Å². The van der Waals surface area contributed by atoms with Crippen molar-refractivity contribution in [2.24, 2.45) is 0 Å². The molecular weight excluding hydrogens is 303 g/mol. The molecule has 0 bridgehead atoms. The SMILES string of the molecule is Cc1cc(CCC(=O)N2CC(Oc3nccs3)C2)ccc1F. The maximum Gasteiger partial charge on any atom is 0.273 e. The number of nitrogens with zero attached hydrogens (tertiary/aromatic N) is 2. The largest absolute Gasteiger partial charge is 0.463 e. The van der Waals surface area contributed by atoms with Gasteiger partial charge in [-0.05, 0) is 30.5 Å². The zero-order valence-corrected chi connectivity index (χ0v) is 13.1. The number of ether oxygens (including phenoxy) is 1. The Kier molecular flexibility index (Phi) is 4.38. The minimum atomic E-state index is -0.208. The van der Waals surface area contributed by atoms with E-state index < -0.39 is 0 Å². The second kappa shape index (κ2) is 6.44. The summed E-state index contributed by atoms with van der Waals surface area (Å²) in [5.74, 6) is -0.0963. The van der Waals surface area contributed by atoms with E-state index in [0.717, 1.165) is 5.56 Å². The van der Waals surface area contributed by atoms with Crippen LogP contribution in [0.1, 0.15) is 17.5 Å². The van der Waals surface area contributed by atoms with Gasteiger partial charge in [0.2, 0.25) is 5.91 Å². The number of halogens is 1. The summed E-state index contributed by atoms with van der Waals surface area (Å²) in [7, 11) is 0. The number of likely N-dealkylation sites (tertiary alicyclic amines) is 1. The molecule has 1 fully saturated rings. The normalized spacial score (nSPS) is 14.7. The molecule has 4 nitrogen and oxygen atoms in total. The highest BCUT2D eigenvalue weighted by molar-refractivity contribution is 7.11. The van der Waals surface area contributed by atoms with E-state index in [2.05, 4.69) is 4.98 Å². The van der Waals surface area contributed by atoms with Crippen LogP contribution in [0.2, 0.25) is 0 Å². The van der Waals surface area contributed by atoms with Gasteiger partial charge < -0.3 is 9.64 Å². The van der Waals surface area contributed by atoms with Crippen LogP contribution in [0.3, 0.4) is 0 Å². The van der Waals surface area contributed by atoms with E-state index in [4.69, 9.17) is 4.74 Å². The summed E-state index contributed by atoms with van der Waals surface area (Å²) in [4.78, 5) is 17.9. The zero-order valence-electron chi connectivity index (χ0n) is 12.3. The van der Waals surface area contributed by atoms with Crippen LogP contribution >= 0.6 is 11.3 Å². The highest BCUT2D eigenvalue weighted by Gasteiger charge is 2.32. The number of hydrogen-bond acceptors (Lipinski definition) is 4. The molecule has 6 heteroatoms. The van der Waals surface area contributed by atoms with Crippen LogP contribution in [0, 0.1) is 12.7 Å². The second-order valence-electron chi connectivity index (χ2n) is 5.42. The Morgan fingerprint density at radius 3 is 3.00 bits per heavy atom. The number of benzene rings is 1. The molecule has 0 aliphatic carbocycles. The maximum atomic E-state index is 13.2. The molecule has 1 aromatic carbocycles. The molecule has 0 spiro atoms. The molecule has 116 valence electrons. The number of aromatic nitrogens is 1. The van der Waals surface area contributed by atoms with E-state index in [1.807, 2.05) is 5.38 Å². The van der Waals surface area contributed by atoms with Gasteiger partial charge in [-0.3, -0.25) is 4.79 Å². The predicted molar refractivity (Wildman–Crippen MR) is 82.6 cm³/mol. The fourth-order valence-electron chi connectivity index (χ4n) is 2.40. The highest BCUT2D eigenvalue weighted by atomic mass is 32.1. The summed E-state index contributed by atoms with van der Waals surface area (Å²) in [6.07, 6.45) is 2.82. The van der Waals surface area contributed by atoms with Crippen molar-refractivity contribution in [1.29, 1.82) is 0 Å². The van der Waals surface area contributed by atoms with Gasteiger partial charge in [0.15, 0.2) is 0 Å². The van der Waals surface area contributed by atoms with Gasteiger partial charge in [0, 0.05) is 18.0 Å². The number of rotatable bonds is 5. The summed E-state index contributed by atoms with van der Waals surface area (Å²) in [6, 6.07) is 4.99. The highest BCUT2D eigenvalue weighted by Crippen LogP contribution is 2.21. The minimum absolute atomic E-state index is 0.0446. The first-order valence-electron chi connectivity index (χ1n) is 7.21. The fraction of sp³-hybridized carbons (Fsp3) is 0.375. The quantitative estimate of drug-likeness (QED) is 0.851. The smallest absolute Gasteiger partial charge is 0.273 e. The van der Waals surface area contributed by atoms with E-state index in [-0.39, 0.29) is 17.8 Å². The van der Waals surface area contributed by atoms with Gasteiger partial charge in [0.1, 0.15) is 11.9 Å². The number of hydrogen-bond donors (Lipinski definition) is 0. The molecule has 0 saturated carbocycles. The third kappa shape index (κ3) is 3.44. The van der Waals surface area contributed by atoms with Crippen molar-refractivity contribution in [3.8, 4) is 5.19 Å². The first kappa shape index (κ1) is 15.0. The second-order valence-corrected chi connectivity index (χ2v) is 6.28. The molecule has 0 unspecified atom stereocenters. The van der Waals surface area contributed by atoms with Gasteiger partial charge in [-0.2, -0.15) is 0 Å². The Bertz CT molecular complexity index is 654. The van der Waals surface area contributed by atoms with Crippen molar-refractivity contribution in [2.45, 2.75) is 25.9 Å². The Labute approximate surface area is 132 Å². The molecule has 0 N–H and O–H groups in total. The molecule has 0 atom stereocenters. The zero-order chi connectivity index (χ0) is 15.5. The van der Waals surface area contributed by atoms with E-state index in [0.29, 0.717) is 36.7 Å². The molecule has 2 aromatic rings. The third-order valence-corrected chi connectivity index (χ3v) is 4.39. The van der Waals surface area contributed by atoms with Crippen molar-refractivity contribution in [1.82, 2.24) is 9.88 Å². The molecule has 1 amide bonds. The number of amides is 1. The summed E-state index contributed by atoms with van der Waals surface area (Å²) in [5, 5.41) is 2.51. The Balaban J connectivity index is 1.43. The number of carbonyl (C=O) groups is 1. The van der Waals surface area contributed by atoms with E-state index in [1.165, 1.54) is 17.4 Å². The minimum Gasteiger partial charge on any atom is -0.463 e. The van der Waals surface area contributed by atoms with E-state index >= 15 is 0 Å². The van der Waals surface area contributed by atoms with Crippen molar-refractivity contribution < 1.29 is 13.9 Å². The first-order valence-corrected chi connectivity index (χ1v) is 8.09. The summed E-state index contributed by atoms with van der Waals surface area (Å²) >= 11 is 1.45. The van der Waals surface area contributed by atoms with Crippen LogP contribution in [0.4, 0.5) is 4.39 Å². The topological polar surface area (TPSA) is 42.4 Å². The van der Waals surface area contributed by atoms with Gasteiger partial charge in [-0.15, -0.1) is 0 Å². The van der Waals surface area contributed by atoms with E-state index in [9.17, 15) is 9.18 Å². The van der Waals surface area contributed by atoms with Crippen molar-refractivity contribution in [2.75, 3.05) is 13.1 Å². The van der Waals surface area contributed by atoms with Gasteiger partial charge in [-0.25, -0.2) is 9.37 Å². The summed E-state index contributed by atoms with van der Waals surface area (Å²) in [5.41, 5.74) is 1.61. The van der Waals surface area contributed by atoms with Crippen LogP contribution in [-0.4, -0.2) is 35.0 Å². The average Bonchev–Trinajstić information content (AvgIpc) is 2.96. The molecule has 0 radical (unpaired) electrons. The lowest BCUT2D eigenvalue weighted by atomic mass is 10.0. The molecule has 1 aliphatic rings. The van der Waals surface area contributed by atoms with Crippen molar-refractivity contribution in [3.05, 3.63) is 46.7 Å². The molecular formula is C16H17FN2O2S. The standard InChI is InChI=1S/C16H17FN2O2S/c1-11-8-12(2-4-14(11)17)3-5-15(20)19-9-13(10-19)21-16-18-6-7-22-16/h2,4,6-8,13H,3,5,9-10H2,1H3. The lowest BCUT2D eigenvalue weighted by Crippen LogP contribution is -2.56. The van der Waals surface area contributed by atoms with Gasteiger partial charge >= 0.3 is 0 Å². The summed E-state index contributed by atoms with van der Waals surface area (Å²) in [6.45, 7) is 2.96. The van der Waals surface area contributed by atoms with Crippen LogP contribution in [-0.2, 0) is 11.2 Å². The maximum absolute atomic E-state index is 13.2. The predicted octanol–water partition coefficient (Wildman–Crippen LogP) is 2.81. The average molecular weight is 320 g/mol. The number of carbonyl (C=O) groups excluding carboxylic acids is 1. The van der Waals surface area contributed by atoms with Gasteiger partial charge in [0.25, 0.3) is 5.19 Å². The number of thiazole rings is 1. The van der Waals surface area contributed by atoms with Crippen LogP contribution in [0.25, 0.3) is 0 Å². The molecule has 1 saturated heterocycles. The molecule has 3 rings (SSSR count). The lowest BCUT2D eigenvalue weighted by Gasteiger charge is -2.38. The summed E-state index contributed by atoms with van der Waals surface area (Å²) < 4.78 is 18.8. The van der Waals surface area contributed by atoms with Gasteiger partial charge in [-0.1, -0.05) is 23.5 Å². The number of aryl methyl sites for hydroxylation is 2. The molecule has 1 aliphatic heterocycles. The Morgan fingerprint density at radius 2 is 2.32 bits per heavy atom. The van der Waals surface area contributed by atoms with Crippen molar-refractivity contribution >= 4 is 17.2 Å². The molecule has 2 heterocycles. The van der Waals surface area contributed by atoms with Gasteiger partial charge in [0.05, 0.1) is 13.1 Å². The molecule has 1 aromatic heterocycles. The molecule has 22 heavy (non-hydrogen) atoms. The monoisotopic (exact) mass is 320 g/mol. The van der Waals surface area contributed by atoms with Crippen LogP contribution < -0.4 is 4.74 Å². The Morgan fingerprint density at radius 1 is 1.50 bits per heavy atom. The third-order valence-electron chi connectivity index (χ3n) is 3.73. The fourth-order valence-corrected chi connectivity index (χ4v) is 2.95. The Hall–Kier alpha value is -1.95.